The number of hydrogen-bond donors (Lipinski definition) is 4. The van der Waals surface area contributed by atoms with E-state index in [9.17, 15) is 0 Å². The second-order valence-corrected chi connectivity index (χ2v) is 7.73. The average molecular weight is 410 g/mol. The van der Waals surface area contributed by atoms with Crippen LogP contribution in [0.1, 0.15) is 58.8 Å². The van der Waals surface area contributed by atoms with Gasteiger partial charge >= 0.3 is 0 Å². The number of aromatic nitrogens is 3. The Morgan fingerprint density at radius 1 is 0.862 bits per heavy atom. The fourth-order valence-corrected chi connectivity index (χ4v) is 3.27. The van der Waals surface area contributed by atoms with Gasteiger partial charge in [-0.3, -0.25) is 0 Å². The summed E-state index contributed by atoms with van der Waals surface area (Å²) in [5, 5.41) is 10.0. The molecule has 0 atom stereocenters. The Labute approximate surface area is 175 Å². The monoisotopic (exact) mass is 409 g/mol. The van der Waals surface area contributed by atoms with Gasteiger partial charge in [0.15, 0.2) is 0 Å². The predicted molar refractivity (Wildman–Crippen MR) is 117 cm³/mol. The first-order valence-electron chi connectivity index (χ1n) is 11.1. The highest BCUT2D eigenvalue weighted by molar-refractivity contribution is 5.43. The molecule has 1 aliphatic carbocycles. The number of nitrogens with zero attached hydrogens (tertiary/aromatic N) is 3. The SMILES string of the molecule is CC(C)Nc1nc(NCCOCCOCCN)nc(NC2CCCCCCC2)n1. The number of hydrogen-bond acceptors (Lipinski definition) is 9. The normalized spacial score (nSPS) is 15.7. The Kier molecular flexibility index (Phi) is 11.6. The molecule has 0 unspecified atom stereocenters. The standard InChI is InChI=1S/C20H39N7O2/c1-16(2)23-19-25-18(22-11-13-29-15-14-28-12-10-21)26-20(27-19)24-17-8-6-4-3-5-7-9-17/h16-17H,3-15,21H2,1-2H3,(H3,22,23,24,25,26,27). The van der Waals surface area contributed by atoms with Crippen LogP contribution in [0.5, 0.6) is 0 Å². The minimum Gasteiger partial charge on any atom is -0.378 e. The Balaban J connectivity index is 1.86. The molecule has 0 aromatic carbocycles. The molecule has 0 saturated heterocycles. The van der Waals surface area contributed by atoms with E-state index in [0.717, 1.165) is 0 Å². The highest BCUT2D eigenvalue weighted by Gasteiger charge is 2.14. The molecule has 0 aliphatic heterocycles. The van der Waals surface area contributed by atoms with Crippen molar-refractivity contribution in [1.82, 2.24) is 15.0 Å². The molecular weight excluding hydrogens is 370 g/mol. The van der Waals surface area contributed by atoms with Crippen LogP contribution in [0, 0.1) is 0 Å². The second-order valence-electron chi connectivity index (χ2n) is 7.73. The van der Waals surface area contributed by atoms with Crippen LogP contribution in [0.15, 0.2) is 0 Å². The topological polar surface area (TPSA) is 119 Å². The molecule has 0 radical (unpaired) electrons. The number of ether oxygens (including phenoxy) is 2. The van der Waals surface area contributed by atoms with Gasteiger partial charge in [-0.15, -0.1) is 0 Å². The highest BCUT2D eigenvalue weighted by atomic mass is 16.5. The van der Waals surface area contributed by atoms with Gasteiger partial charge < -0.3 is 31.2 Å². The molecule has 1 aromatic rings. The van der Waals surface area contributed by atoms with E-state index < -0.39 is 0 Å². The molecule has 166 valence electrons. The fraction of sp³-hybridized carbons (Fsp3) is 0.850. The van der Waals surface area contributed by atoms with Crippen molar-refractivity contribution >= 4 is 17.8 Å². The van der Waals surface area contributed by atoms with Gasteiger partial charge in [0.1, 0.15) is 0 Å². The van der Waals surface area contributed by atoms with Crippen LogP contribution in [-0.4, -0.2) is 66.6 Å². The molecule has 2 rings (SSSR count). The van der Waals surface area contributed by atoms with Crippen molar-refractivity contribution in [2.75, 3.05) is 55.5 Å². The zero-order valence-electron chi connectivity index (χ0n) is 18.1. The van der Waals surface area contributed by atoms with E-state index in [-0.39, 0.29) is 6.04 Å². The molecule has 0 amide bonds. The average Bonchev–Trinajstić information content (AvgIpc) is 2.65. The lowest BCUT2D eigenvalue weighted by molar-refractivity contribution is 0.0547. The van der Waals surface area contributed by atoms with Gasteiger partial charge in [0.2, 0.25) is 17.8 Å². The van der Waals surface area contributed by atoms with Gasteiger partial charge in [-0.2, -0.15) is 15.0 Å². The summed E-state index contributed by atoms with van der Waals surface area (Å²) in [7, 11) is 0. The largest absolute Gasteiger partial charge is 0.378 e. The van der Waals surface area contributed by atoms with Crippen molar-refractivity contribution in [2.45, 2.75) is 70.9 Å². The zero-order valence-corrected chi connectivity index (χ0v) is 18.1. The van der Waals surface area contributed by atoms with E-state index in [4.69, 9.17) is 15.2 Å². The van der Waals surface area contributed by atoms with E-state index in [1.54, 1.807) is 0 Å². The summed E-state index contributed by atoms with van der Waals surface area (Å²) in [6.07, 6.45) is 8.85. The molecule has 9 nitrogen and oxygen atoms in total. The van der Waals surface area contributed by atoms with Crippen molar-refractivity contribution < 1.29 is 9.47 Å². The Morgan fingerprint density at radius 3 is 2.17 bits per heavy atom. The summed E-state index contributed by atoms with van der Waals surface area (Å²) in [4.78, 5) is 13.6. The lowest BCUT2D eigenvalue weighted by Gasteiger charge is -2.21. The van der Waals surface area contributed by atoms with Crippen LogP contribution in [-0.2, 0) is 9.47 Å². The van der Waals surface area contributed by atoms with E-state index in [1.165, 1.54) is 44.9 Å². The van der Waals surface area contributed by atoms with Crippen molar-refractivity contribution in [1.29, 1.82) is 0 Å². The molecule has 1 aromatic heterocycles. The molecule has 1 heterocycles. The molecule has 0 spiro atoms. The first kappa shape index (κ1) is 23.6. The molecule has 29 heavy (non-hydrogen) atoms. The number of nitrogens with two attached hydrogens (primary N) is 1. The third-order valence-corrected chi connectivity index (χ3v) is 4.66. The maximum Gasteiger partial charge on any atom is 0.229 e. The first-order chi connectivity index (χ1) is 14.2. The molecule has 1 fully saturated rings. The summed E-state index contributed by atoms with van der Waals surface area (Å²) in [6.45, 7) is 7.51. The Bertz CT molecular complexity index is 552. The van der Waals surface area contributed by atoms with Crippen molar-refractivity contribution in [3.63, 3.8) is 0 Å². The maximum atomic E-state index is 5.54. The van der Waals surface area contributed by atoms with Crippen LogP contribution in [0.4, 0.5) is 17.8 Å². The molecule has 1 aliphatic rings. The molecule has 5 N–H and O–H groups in total. The van der Waals surface area contributed by atoms with Crippen LogP contribution in [0.3, 0.4) is 0 Å². The number of nitrogens with one attached hydrogen (secondary N) is 3. The third kappa shape index (κ3) is 10.6. The van der Waals surface area contributed by atoms with Crippen molar-refractivity contribution in [2.24, 2.45) is 5.73 Å². The van der Waals surface area contributed by atoms with Gasteiger partial charge in [-0.25, -0.2) is 0 Å². The number of anilines is 3. The molecule has 0 bridgehead atoms. The van der Waals surface area contributed by atoms with Crippen LogP contribution >= 0.6 is 0 Å². The van der Waals surface area contributed by atoms with E-state index in [0.29, 0.717) is 63.4 Å². The van der Waals surface area contributed by atoms with Crippen LogP contribution in [0.2, 0.25) is 0 Å². The summed E-state index contributed by atoms with van der Waals surface area (Å²) in [5.41, 5.74) is 5.38. The third-order valence-electron chi connectivity index (χ3n) is 4.66. The fourth-order valence-electron chi connectivity index (χ4n) is 3.27. The molecule has 9 heteroatoms. The summed E-state index contributed by atoms with van der Waals surface area (Å²) in [5.74, 6) is 1.77. The van der Waals surface area contributed by atoms with E-state index in [2.05, 4.69) is 44.7 Å². The Hall–Kier alpha value is -1.71. The van der Waals surface area contributed by atoms with E-state index in [1.807, 2.05) is 0 Å². The molecule has 1 saturated carbocycles. The maximum absolute atomic E-state index is 5.54. The minimum absolute atomic E-state index is 0.247. The second kappa shape index (κ2) is 14.3. The smallest absolute Gasteiger partial charge is 0.229 e. The number of rotatable bonds is 13. The lowest BCUT2D eigenvalue weighted by atomic mass is 9.97. The van der Waals surface area contributed by atoms with Gasteiger partial charge in [0.05, 0.1) is 26.4 Å². The van der Waals surface area contributed by atoms with Gasteiger partial charge in [-0.1, -0.05) is 32.1 Å². The minimum atomic E-state index is 0.247. The predicted octanol–water partition coefficient (Wildman–Crippen LogP) is 2.62. The van der Waals surface area contributed by atoms with Gasteiger partial charge in [0.25, 0.3) is 0 Å². The lowest BCUT2D eigenvalue weighted by Crippen LogP contribution is -2.24. The van der Waals surface area contributed by atoms with Gasteiger partial charge in [-0.05, 0) is 26.7 Å². The van der Waals surface area contributed by atoms with Crippen molar-refractivity contribution in [3.8, 4) is 0 Å². The van der Waals surface area contributed by atoms with E-state index >= 15 is 0 Å². The zero-order chi connectivity index (χ0) is 20.7. The molecular formula is C20H39N7O2. The quantitative estimate of drug-likeness (QED) is 0.364. The first-order valence-corrected chi connectivity index (χ1v) is 11.1. The van der Waals surface area contributed by atoms with Crippen LogP contribution < -0.4 is 21.7 Å². The Morgan fingerprint density at radius 2 is 1.48 bits per heavy atom. The highest BCUT2D eigenvalue weighted by Crippen LogP contribution is 2.20. The van der Waals surface area contributed by atoms with Gasteiger partial charge in [0, 0.05) is 25.2 Å². The summed E-state index contributed by atoms with van der Waals surface area (Å²) in [6, 6.07) is 0.672. The summed E-state index contributed by atoms with van der Waals surface area (Å²) >= 11 is 0. The van der Waals surface area contributed by atoms with Crippen molar-refractivity contribution in [3.05, 3.63) is 0 Å². The van der Waals surface area contributed by atoms with Crippen LogP contribution in [0.25, 0.3) is 0 Å². The summed E-state index contributed by atoms with van der Waals surface area (Å²) < 4.78 is 10.8.